The molecular formula is C12H13F3O2. The molecule has 2 rings (SSSR count). The zero-order valence-electron chi connectivity index (χ0n) is 9.07. The molecule has 1 N–H and O–H groups in total. The summed E-state index contributed by atoms with van der Waals surface area (Å²) < 4.78 is 42.0. The van der Waals surface area contributed by atoms with Crippen molar-refractivity contribution in [2.24, 2.45) is 0 Å². The fraction of sp³-hybridized carbons (Fsp3) is 0.500. The van der Waals surface area contributed by atoms with E-state index in [9.17, 15) is 13.2 Å². The first kappa shape index (κ1) is 12.2. The molecule has 1 unspecified atom stereocenters. The lowest BCUT2D eigenvalue weighted by Gasteiger charge is -2.28. The average molecular weight is 246 g/mol. The highest BCUT2D eigenvalue weighted by Crippen LogP contribution is 2.31. The number of halogens is 3. The van der Waals surface area contributed by atoms with Gasteiger partial charge in [-0.05, 0) is 24.5 Å². The van der Waals surface area contributed by atoms with Crippen molar-refractivity contribution >= 4 is 0 Å². The van der Waals surface area contributed by atoms with Crippen molar-refractivity contribution < 1.29 is 23.0 Å². The fourth-order valence-corrected chi connectivity index (χ4v) is 1.93. The summed E-state index contributed by atoms with van der Waals surface area (Å²) in [5, 5.41) is 8.98. The molecule has 17 heavy (non-hydrogen) atoms. The maximum absolute atomic E-state index is 12.2. The molecule has 0 aliphatic carbocycles. The minimum atomic E-state index is -4.57. The van der Waals surface area contributed by atoms with E-state index in [0.717, 1.165) is 5.56 Å². The Balaban J connectivity index is 1.99. The molecule has 1 heterocycles. The summed E-state index contributed by atoms with van der Waals surface area (Å²) in [4.78, 5) is 0. The molecule has 1 aliphatic heterocycles. The van der Waals surface area contributed by atoms with E-state index >= 15 is 0 Å². The largest absolute Gasteiger partial charge is 0.490 e. The second-order valence-corrected chi connectivity index (χ2v) is 4.18. The molecule has 1 aromatic rings. The fourth-order valence-electron chi connectivity index (χ4n) is 1.93. The highest BCUT2D eigenvalue weighted by atomic mass is 19.4. The number of hydrogen-bond donors (Lipinski definition) is 1. The van der Waals surface area contributed by atoms with Crippen molar-refractivity contribution in [3.05, 3.63) is 29.8 Å². The normalized spacial score (nSPS) is 21.5. The van der Waals surface area contributed by atoms with Crippen molar-refractivity contribution in [2.45, 2.75) is 37.6 Å². The van der Waals surface area contributed by atoms with E-state index in [4.69, 9.17) is 9.84 Å². The molecule has 1 aromatic carbocycles. The third-order valence-electron chi connectivity index (χ3n) is 2.87. The van der Waals surface area contributed by atoms with E-state index in [1.54, 1.807) is 12.1 Å². The monoisotopic (exact) mass is 246 g/mol. The Morgan fingerprint density at radius 2 is 2.06 bits per heavy atom. The maximum atomic E-state index is 12.2. The number of ether oxygens (including phenoxy) is 1. The topological polar surface area (TPSA) is 29.5 Å². The molecule has 0 saturated heterocycles. The minimum Gasteiger partial charge on any atom is -0.490 e. The van der Waals surface area contributed by atoms with Gasteiger partial charge in [0.2, 0.25) is 0 Å². The van der Waals surface area contributed by atoms with Crippen LogP contribution in [-0.2, 0) is 6.42 Å². The number of para-hydroxylation sites is 1. The van der Waals surface area contributed by atoms with E-state index in [-0.39, 0.29) is 0 Å². The number of aliphatic hydroxyl groups excluding tert-OH is 1. The zero-order valence-corrected chi connectivity index (χ0v) is 9.07. The van der Waals surface area contributed by atoms with Crippen molar-refractivity contribution in [3.63, 3.8) is 0 Å². The van der Waals surface area contributed by atoms with Gasteiger partial charge in [-0.15, -0.1) is 0 Å². The first-order valence-corrected chi connectivity index (χ1v) is 5.46. The van der Waals surface area contributed by atoms with E-state index in [1.165, 1.54) is 0 Å². The molecule has 0 fully saturated rings. The number of aryl methyl sites for hydroxylation is 1. The van der Waals surface area contributed by atoms with Gasteiger partial charge >= 0.3 is 6.18 Å². The predicted molar refractivity (Wildman–Crippen MR) is 55.9 cm³/mol. The van der Waals surface area contributed by atoms with Crippen LogP contribution >= 0.6 is 0 Å². The van der Waals surface area contributed by atoms with Crippen LogP contribution in [0, 0.1) is 0 Å². The maximum Gasteiger partial charge on any atom is 0.414 e. The quantitative estimate of drug-likeness (QED) is 0.869. The Hall–Kier alpha value is -1.23. The summed E-state index contributed by atoms with van der Waals surface area (Å²) in [6, 6.07) is 7.28. The van der Waals surface area contributed by atoms with E-state index < -0.39 is 24.8 Å². The Morgan fingerprint density at radius 1 is 1.35 bits per heavy atom. The number of aliphatic hydroxyl groups is 1. The molecule has 0 radical (unpaired) electrons. The molecule has 0 aromatic heterocycles. The van der Waals surface area contributed by atoms with Gasteiger partial charge in [0, 0.05) is 6.42 Å². The van der Waals surface area contributed by atoms with Gasteiger partial charge in [0.25, 0.3) is 0 Å². The standard InChI is InChI=1S/C12H13F3O2/c13-12(14,15)11(16)7-9-6-5-8-3-1-2-4-10(8)17-9/h1-4,9,11,16H,5-7H2/t9?,11-/m0/s1. The van der Waals surface area contributed by atoms with Gasteiger partial charge in [-0.1, -0.05) is 18.2 Å². The number of fused-ring (bicyclic) bond motifs is 1. The van der Waals surface area contributed by atoms with Crippen LogP contribution in [0.5, 0.6) is 5.75 Å². The summed E-state index contributed by atoms with van der Waals surface area (Å²) in [6.45, 7) is 0. The zero-order chi connectivity index (χ0) is 12.5. The molecule has 0 amide bonds. The van der Waals surface area contributed by atoms with E-state index in [0.29, 0.717) is 18.6 Å². The SMILES string of the molecule is O[C@@H](CC1CCc2ccccc2O1)C(F)(F)F. The van der Waals surface area contributed by atoms with Gasteiger partial charge in [0.15, 0.2) is 6.10 Å². The molecular weight excluding hydrogens is 233 g/mol. The summed E-state index contributed by atoms with van der Waals surface area (Å²) in [6.07, 6.45) is -6.66. The smallest absolute Gasteiger partial charge is 0.414 e. The molecule has 1 aliphatic rings. The lowest BCUT2D eigenvalue weighted by Crippen LogP contribution is -2.35. The first-order valence-electron chi connectivity index (χ1n) is 5.46. The van der Waals surface area contributed by atoms with Gasteiger partial charge in [-0.3, -0.25) is 0 Å². The van der Waals surface area contributed by atoms with Crippen LogP contribution in [0.25, 0.3) is 0 Å². The van der Waals surface area contributed by atoms with Crippen molar-refractivity contribution in [1.82, 2.24) is 0 Å². The predicted octanol–water partition coefficient (Wildman–Crippen LogP) is 2.69. The van der Waals surface area contributed by atoms with Crippen LogP contribution in [0.15, 0.2) is 24.3 Å². The second-order valence-electron chi connectivity index (χ2n) is 4.18. The summed E-state index contributed by atoms with van der Waals surface area (Å²) in [5.74, 6) is 0.623. The molecule has 5 heteroatoms. The Labute approximate surface area is 97.0 Å². The van der Waals surface area contributed by atoms with Gasteiger partial charge in [0.05, 0.1) is 0 Å². The van der Waals surface area contributed by atoms with Gasteiger partial charge in [0.1, 0.15) is 11.9 Å². The van der Waals surface area contributed by atoms with Crippen LogP contribution in [0.2, 0.25) is 0 Å². The number of benzene rings is 1. The number of hydrogen-bond acceptors (Lipinski definition) is 2. The highest BCUT2D eigenvalue weighted by Gasteiger charge is 2.40. The summed E-state index contributed by atoms with van der Waals surface area (Å²) >= 11 is 0. The van der Waals surface area contributed by atoms with Gasteiger partial charge in [-0.25, -0.2) is 0 Å². The van der Waals surface area contributed by atoms with Crippen molar-refractivity contribution in [3.8, 4) is 5.75 Å². The minimum absolute atomic E-state index is 0.405. The Kier molecular flexibility index (Phi) is 3.28. The molecule has 0 bridgehead atoms. The van der Waals surface area contributed by atoms with Crippen molar-refractivity contribution in [2.75, 3.05) is 0 Å². The molecule has 2 atom stereocenters. The Morgan fingerprint density at radius 3 is 2.76 bits per heavy atom. The summed E-state index contributed by atoms with van der Waals surface area (Å²) in [7, 11) is 0. The van der Waals surface area contributed by atoms with E-state index in [2.05, 4.69) is 0 Å². The average Bonchev–Trinajstić information content (AvgIpc) is 2.27. The highest BCUT2D eigenvalue weighted by molar-refractivity contribution is 5.35. The van der Waals surface area contributed by atoms with Gasteiger partial charge in [-0.2, -0.15) is 13.2 Å². The molecule has 2 nitrogen and oxygen atoms in total. The summed E-state index contributed by atoms with van der Waals surface area (Å²) in [5.41, 5.74) is 1.00. The van der Waals surface area contributed by atoms with Crippen LogP contribution in [0.3, 0.4) is 0 Å². The number of alkyl halides is 3. The molecule has 0 spiro atoms. The van der Waals surface area contributed by atoms with Crippen LogP contribution < -0.4 is 4.74 Å². The van der Waals surface area contributed by atoms with Crippen molar-refractivity contribution in [1.29, 1.82) is 0 Å². The van der Waals surface area contributed by atoms with Gasteiger partial charge < -0.3 is 9.84 Å². The number of rotatable bonds is 2. The third kappa shape index (κ3) is 2.91. The molecule has 0 saturated carbocycles. The lowest BCUT2D eigenvalue weighted by molar-refractivity contribution is -0.210. The van der Waals surface area contributed by atoms with Crippen LogP contribution in [-0.4, -0.2) is 23.5 Å². The first-order chi connectivity index (χ1) is 7.97. The van der Waals surface area contributed by atoms with E-state index in [1.807, 2.05) is 12.1 Å². The van der Waals surface area contributed by atoms with Crippen LogP contribution in [0.4, 0.5) is 13.2 Å². The lowest BCUT2D eigenvalue weighted by atomic mass is 9.98. The second kappa shape index (κ2) is 4.56. The molecule has 94 valence electrons. The third-order valence-corrected chi connectivity index (χ3v) is 2.87. The van der Waals surface area contributed by atoms with Crippen LogP contribution in [0.1, 0.15) is 18.4 Å². The Bertz CT molecular complexity index is 390.